The highest BCUT2D eigenvalue weighted by atomic mass is 16.5. The number of anilines is 1. The number of carbonyl (C=O) groups is 1. The lowest BCUT2D eigenvalue weighted by molar-refractivity contribution is -0.129. The smallest absolute Gasteiger partial charge is 0.255 e. The molecule has 2 rings (SSSR count). The second kappa shape index (κ2) is 10.6. The van der Waals surface area contributed by atoms with E-state index in [1.807, 2.05) is 54.6 Å². The van der Waals surface area contributed by atoms with Crippen LogP contribution in [0.15, 0.2) is 54.6 Å². The second-order valence-corrected chi connectivity index (χ2v) is 5.88. The third-order valence-electron chi connectivity index (χ3n) is 4.23. The van der Waals surface area contributed by atoms with Gasteiger partial charge in [0.1, 0.15) is 0 Å². The average Bonchev–Trinajstić information content (AvgIpc) is 2.69. The Hall–Kier alpha value is -2.41. The summed E-state index contributed by atoms with van der Waals surface area (Å²) in [7, 11) is 3.35. The van der Waals surface area contributed by atoms with Crippen LogP contribution in [0, 0.1) is 0 Å². The van der Waals surface area contributed by atoms with Gasteiger partial charge in [-0.15, -0.1) is 0 Å². The number of benzene rings is 2. The third kappa shape index (κ3) is 5.29. The molecular weight excluding hydrogens is 332 g/mol. The van der Waals surface area contributed by atoms with E-state index in [9.17, 15) is 4.79 Å². The molecule has 1 atom stereocenters. The average molecular weight is 358 g/mol. The van der Waals surface area contributed by atoms with Gasteiger partial charge >= 0.3 is 0 Å². The van der Waals surface area contributed by atoms with Gasteiger partial charge in [0.05, 0.1) is 19.1 Å². The zero-order chi connectivity index (χ0) is 18.8. The van der Waals surface area contributed by atoms with Crippen molar-refractivity contribution >= 4 is 11.6 Å². The number of methoxy groups -OCH3 is 2. The highest BCUT2D eigenvalue weighted by Gasteiger charge is 2.22. The van der Waals surface area contributed by atoms with E-state index in [4.69, 9.17) is 14.7 Å². The molecule has 0 saturated carbocycles. The summed E-state index contributed by atoms with van der Waals surface area (Å²) in [6, 6.07) is 17.2. The molecule has 0 aromatic heterocycles. The molecule has 0 saturated heterocycles. The van der Waals surface area contributed by atoms with Gasteiger partial charge in [0.15, 0.2) is 0 Å². The largest absolute Gasteiger partial charge is 0.383 e. The van der Waals surface area contributed by atoms with Crippen LogP contribution < -0.4 is 10.4 Å². The van der Waals surface area contributed by atoms with Crippen molar-refractivity contribution in [3.8, 4) is 0 Å². The molecule has 0 fully saturated rings. The minimum absolute atomic E-state index is 0.459. The van der Waals surface area contributed by atoms with Crippen LogP contribution >= 0.6 is 0 Å². The Morgan fingerprint density at radius 2 is 1.50 bits per heavy atom. The topological polar surface area (TPSA) is 71.0 Å². The van der Waals surface area contributed by atoms with Gasteiger partial charge in [-0.05, 0) is 23.3 Å². The van der Waals surface area contributed by atoms with Crippen molar-refractivity contribution in [2.75, 3.05) is 45.4 Å². The van der Waals surface area contributed by atoms with Gasteiger partial charge in [-0.1, -0.05) is 42.5 Å². The van der Waals surface area contributed by atoms with Crippen molar-refractivity contribution in [3.63, 3.8) is 0 Å². The maximum absolute atomic E-state index is 12.2. The number of ether oxygens (including phenoxy) is 2. The normalized spacial score (nSPS) is 11.8. The molecule has 0 aliphatic carbocycles. The summed E-state index contributed by atoms with van der Waals surface area (Å²) in [6.07, 6.45) is 0. The standard InChI is InChI=1S/C20H26N2O4/c1-25-14-12-22(13-15-26-2)18-10-8-17(9-11-18)19(20(23)21-24)16-6-4-3-5-7-16/h3-11,19,24H,12-15H2,1-2H3,(H,21,23). The molecule has 2 N–H and O–H groups in total. The van der Waals surface area contributed by atoms with E-state index in [0.717, 1.165) is 29.9 Å². The first-order chi connectivity index (χ1) is 12.7. The molecule has 0 bridgehead atoms. The first-order valence-electron chi connectivity index (χ1n) is 8.53. The van der Waals surface area contributed by atoms with Gasteiger partial charge in [0.2, 0.25) is 0 Å². The Bertz CT molecular complexity index is 653. The van der Waals surface area contributed by atoms with Gasteiger partial charge in [-0.2, -0.15) is 0 Å². The van der Waals surface area contributed by atoms with Crippen molar-refractivity contribution in [3.05, 3.63) is 65.7 Å². The van der Waals surface area contributed by atoms with Crippen LogP contribution in [-0.2, 0) is 14.3 Å². The molecular formula is C20H26N2O4. The van der Waals surface area contributed by atoms with Crippen molar-refractivity contribution in [1.29, 1.82) is 0 Å². The number of carbonyl (C=O) groups excluding carboxylic acids is 1. The zero-order valence-corrected chi connectivity index (χ0v) is 15.2. The van der Waals surface area contributed by atoms with E-state index in [1.54, 1.807) is 19.7 Å². The predicted octanol–water partition coefficient (Wildman–Crippen LogP) is 2.42. The highest BCUT2D eigenvalue weighted by Crippen LogP contribution is 2.27. The molecule has 0 aliphatic heterocycles. The summed E-state index contributed by atoms with van der Waals surface area (Å²) in [5.74, 6) is -1.03. The van der Waals surface area contributed by atoms with E-state index in [0.29, 0.717) is 13.2 Å². The third-order valence-corrected chi connectivity index (χ3v) is 4.23. The summed E-state index contributed by atoms with van der Waals surface area (Å²) in [5.41, 5.74) is 4.43. The maximum Gasteiger partial charge on any atom is 0.255 e. The predicted molar refractivity (Wildman–Crippen MR) is 101 cm³/mol. The number of hydrogen-bond donors (Lipinski definition) is 2. The fraction of sp³-hybridized carbons (Fsp3) is 0.350. The van der Waals surface area contributed by atoms with Crippen molar-refractivity contribution in [2.24, 2.45) is 0 Å². The molecule has 2 aromatic rings. The SMILES string of the molecule is COCCN(CCOC)c1ccc(C(C(=O)NO)c2ccccc2)cc1. The van der Waals surface area contributed by atoms with Gasteiger partial charge in [-0.25, -0.2) is 5.48 Å². The first kappa shape index (κ1) is 19.9. The minimum atomic E-state index is -0.568. The number of hydrogen-bond acceptors (Lipinski definition) is 5. The number of hydroxylamine groups is 1. The summed E-state index contributed by atoms with van der Waals surface area (Å²) in [5, 5.41) is 9.13. The Kier molecular flexibility index (Phi) is 8.08. The molecule has 140 valence electrons. The highest BCUT2D eigenvalue weighted by molar-refractivity contribution is 5.86. The zero-order valence-electron chi connectivity index (χ0n) is 15.2. The van der Waals surface area contributed by atoms with Crippen LogP contribution in [0.3, 0.4) is 0 Å². The molecule has 1 unspecified atom stereocenters. The lowest BCUT2D eigenvalue weighted by atomic mass is 9.90. The number of amides is 1. The summed E-state index contributed by atoms with van der Waals surface area (Å²) in [6.45, 7) is 2.73. The Labute approximate surface area is 154 Å². The Balaban J connectivity index is 2.25. The van der Waals surface area contributed by atoms with Crippen LogP contribution in [-0.4, -0.2) is 51.6 Å². The molecule has 0 radical (unpaired) electrons. The van der Waals surface area contributed by atoms with E-state index in [1.165, 1.54) is 0 Å². The number of nitrogens with zero attached hydrogens (tertiary/aromatic N) is 1. The van der Waals surface area contributed by atoms with Gasteiger partial charge in [0, 0.05) is 33.0 Å². The van der Waals surface area contributed by atoms with Gasteiger partial charge in [-0.3, -0.25) is 10.0 Å². The number of rotatable bonds is 10. The van der Waals surface area contributed by atoms with Crippen molar-refractivity contribution < 1.29 is 19.5 Å². The second-order valence-electron chi connectivity index (χ2n) is 5.88. The first-order valence-corrected chi connectivity index (χ1v) is 8.53. The van der Waals surface area contributed by atoms with Gasteiger partial charge < -0.3 is 14.4 Å². The molecule has 6 heteroatoms. The molecule has 0 spiro atoms. The lowest BCUT2D eigenvalue weighted by Gasteiger charge is -2.25. The monoisotopic (exact) mass is 358 g/mol. The quantitative estimate of drug-likeness (QED) is 0.504. The lowest BCUT2D eigenvalue weighted by Crippen LogP contribution is -2.30. The van der Waals surface area contributed by atoms with Crippen LogP contribution in [0.4, 0.5) is 5.69 Å². The van der Waals surface area contributed by atoms with E-state index in [2.05, 4.69) is 4.90 Å². The van der Waals surface area contributed by atoms with Crippen molar-refractivity contribution in [2.45, 2.75) is 5.92 Å². The minimum Gasteiger partial charge on any atom is -0.383 e. The number of nitrogens with one attached hydrogen (secondary N) is 1. The molecule has 0 aliphatic rings. The van der Waals surface area contributed by atoms with Crippen LogP contribution in [0.2, 0.25) is 0 Å². The van der Waals surface area contributed by atoms with Crippen LogP contribution in [0.5, 0.6) is 0 Å². The molecule has 1 amide bonds. The molecule has 26 heavy (non-hydrogen) atoms. The Morgan fingerprint density at radius 1 is 0.962 bits per heavy atom. The van der Waals surface area contributed by atoms with Crippen LogP contribution in [0.25, 0.3) is 0 Å². The van der Waals surface area contributed by atoms with Crippen LogP contribution in [0.1, 0.15) is 17.0 Å². The molecule has 6 nitrogen and oxygen atoms in total. The van der Waals surface area contributed by atoms with E-state index >= 15 is 0 Å². The van der Waals surface area contributed by atoms with E-state index in [-0.39, 0.29) is 0 Å². The van der Waals surface area contributed by atoms with E-state index < -0.39 is 11.8 Å². The summed E-state index contributed by atoms with van der Waals surface area (Å²) < 4.78 is 10.4. The fourth-order valence-electron chi connectivity index (χ4n) is 2.86. The maximum atomic E-state index is 12.2. The van der Waals surface area contributed by atoms with Gasteiger partial charge in [0.25, 0.3) is 5.91 Å². The molecule has 0 heterocycles. The summed E-state index contributed by atoms with van der Waals surface area (Å²) >= 11 is 0. The molecule has 2 aromatic carbocycles. The fourth-order valence-corrected chi connectivity index (χ4v) is 2.86. The Morgan fingerprint density at radius 3 is 2.00 bits per heavy atom. The van der Waals surface area contributed by atoms with Crippen molar-refractivity contribution in [1.82, 2.24) is 5.48 Å². The summed E-state index contributed by atoms with van der Waals surface area (Å²) in [4.78, 5) is 14.4.